The summed E-state index contributed by atoms with van der Waals surface area (Å²) >= 11 is 0. The Labute approximate surface area is 157 Å². The van der Waals surface area contributed by atoms with Crippen molar-refractivity contribution >= 4 is 5.97 Å². The molecule has 1 heterocycles. The fraction of sp³-hybridized carbons (Fsp3) is 0.238. The molecule has 0 saturated carbocycles. The average molecular weight is 366 g/mol. The van der Waals surface area contributed by atoms with Crippen LogP contribution in [0.25, 0.3) is 22.4 Å². The van der Waals surface area contributed by atoms with E-state index in [0.29, 0.717) is 6.42 Å². The number of H-pyrrole nitrogens is 1. The molecule has 0 unspecified atom stereocenters. The van der Waals surface area contributed by atoms with Gasteiger partial charge in [-0.25, -0.2) is 0 Å². The molecule has 0 aliphatic heterocycles. The number of benzene rings is 2. The van der Waals surface area contributed by atoms with Gasteiger partial charge in [0.1, 0.15) is 0 Å². The fourth-order valence-corrected chi connectivity index (χ4v) is 2.92. The fourth-order valence-electron chi connectivity index (χ4n) is 2.92. The Morgan fingerprint density at radius 1 is 1.07 bits per heavy atom. The number of aliphatic carboxylic acids is 1. The molecular formula is C21H22N2O4. The van der Waals surface area contributed by atoms with Gasteiger partial charge in [-0.2, -0.15) is 9.99 Å². The van der Waals surface area contributed by atoms with Gasteiger partial charge in [0.2, 0.25) is 0 Å². The number of aromatic nitrogens is 2. The lowest BCUT2D eigenvalue weighted by molar-refractivity contribution is -0.178. The Morgan fingerprint density at radius 3 is 2.44 bits per heavy atom. The molecule has 140 valence electrons. The quantitative estimate of drug-likeness (QED) is 0.459. The Bertz CT molecular complexity index is 916. The van der Waals surface area contributed by atoms with Gasteiger partial charge in [-0.15, -0.1) is 0 Å². The molecule has 0 atom stereocenters. The highest BCUT2D eigenvalue weighted by atomic mass is 17.2. The summed E-state index contributed by atoms with van der Waals surface area (Å²) in [6.07, 6.45) is 1.37. The van der Waals surface area contributed by atoms with Crippen LogP contribution in [0.15, 0.2) is 48.5 Å². The number of carboxylic acid groups (broad SMARTS) is 1. The zero-order valence-corrected chi connectivity index (χ0v) is 15.4. The maximum Gasteiger partial charge on any atom is 0.303 e. The first-order chi connectivity index (χ1) is 13.1. The molecular weight excluding hydrogens is 344 g/mol. The molecule has 0 saturated heterocycles. The molecule has 0 aliphatic rings. The monoisotopic (exact) mass is 366 g/mol. The van der Waals surface area contributed by atoms with Crippen molar-refractivity contribution in [2.24, 2.45) is 0 Å². The zero-order chi connectivity index (χ0) is 19.2. The van der Waals surface area contributed by atoms with Crippen LogP contribution in [0.2, 0.25) is 0 Å². The molecule has 3 aromatic rings. The first-order valence-electron chi connectivity index (χ1n) is 8.81. The van der Waals surface area contributed by atoms with Crippen LogP contribution in [0.1, 0.15) is 24.6 Å². The van der Waals surface area contributed by atoms with Crippen LogP contribution in [0.5, 0.6) is 5.75 Å². The van der Waals surface area contributed by atoms with Gasteiger partial charge < -0.3 is 9.99 Å². The minimum absolute atomic E-state index is 0.0864. The standard InChI is InChI=1S/C21H22N2O4/c1-3-14-12-17(8-10-20(14)27-26-2)15-4-6-16(7-5-15)19-13-18(22-23-19)9-11-21(24)25/h4-8,10,12-13H,3,9,11H2,1-2H3,(H,22,23)(H,24,25). The summed E-state index contributed by atoms with van der Waals surface area (Å²) in [5.41, 5.74) is 5.88. The van der Waals surface area contributed by atoms with E-state index in [1.54, 1.807) is 0 Å². The van der Waals surface area contributed by atoms with E-state index in [1.165, 1.54) is 7.11 Å². The van der Waals surface area contributed by atoms with E-state index in [-0.39, 0.29) is 6.42 Å². The molecule has 6 nitrogen and oxygen atoms in total. The van der Waals surface area contributed by atoms with Crippen molar-refractivity contribution in [2.45, 2.75) is 26.2 Å². The number of carboxylic acids is 1. The predicted octanol–water partition coefficient (Wildman–Crippen LogP) is 4.26. The minimum Gasteiger partial charge on any atom is -0.481 e. The predicted molar refractivity (Wildman–Crippen MR) is 102 cm³/mol. The summed E-state index contributed by atoms with van der Waals surface area (Å²) < 4.78 is 0. The maximum absolute atomic E-state index is 10.7. The number of nitrogens with one attached hydrogen (secondary N) is 1. The Hall–Kier alpha value is -3.12. The lowest BCUT2D eigenvalue weighted by atomic mass is 9.99. The van der Waals surface area contributed by atoms with Crippen LogP contribution in [-0.2, 0) is 22.5 Å². The van der Waals surface area contributed by atoms with Gasteiger partial charge in [-0.1, -0.05) is 37.3 Å². The summed E-state index contributed by atoms with van der Waals surface area (Å²) in [7, 11) is 1.49. The SMILES string of the molecule is CCc1cc(-c2ccc(-c3cc(CCC(=O)O)[nH]n3)cc2)ccc1OOC. The number of hydrogen-bond donors (Lipinski definition) is 2. The molecule has 0 bridgehead atoms. The van der Waals surface area contributed by atoms with E-state index < -0.39 is 5.97 Å². The lowest BCUT2D eigenvalue weighted by Crippen LogP contribution is -1.97. The van der Waals surface area contributed by atoms with Gasteiger partial charge in [0.25, 0.3) is 0 Å². The Kier molecular flexibility index (Phi) is 5.88. The Balaban J connectivity index is 1.78. The molecule has 0 radical (unpaired) electrons. The first kappa shape index (κ1) is 18.7. The zero-order valence-electron chi connectivity index (χ0n) is 15.4. The summed E-state index contributed by atoms with van der Waals surface area (Å²) in [5, 5.41) is 16.0. The van der Waals surface area contributed by atoms with Gasteiger partial charge in [0.05, 0.1) is 19.2 Å². The normalized spacial score (nSPS) is 10.7. The third-order valence-corrected chi connectivity index (χ3v) is 4.37. The maximum atomic E-state index is 10.7. The summed E-state index contributed by atoms with van der Waals surface area (Å²) in [6, 6.07) is 16.0. The van der Waals surface area contributed by atoms with Crippen LogP contribution in [0.4, 0.5) is 0 Å². The van der Waals surface area contributed by atoms with Crippen LogP contribution < -0.4 is 4.89 Å². The molecule has 0 fully saturated rings. The van der Waals surface area contributed by atoms with Gasteiger partial charge in [0, 0.05) is 11.3 Å². The molecule has 3 rings (SSSR count). The summed E-state index contributed by atoms with van der Waals surface area (Å²) in [6.45, 7) is 2.07. The van der Waals surface area contributed by atoms with Crippen molar-refractivity contribution in [1.29, 1.82) is 0 Å². The van der Waals surface area contributed by atoms with Gasteiger partial charge in [-0.05, 0) is 47.7 Å². The van der Waals surface area contributed by atoms with Gasteiger partial charge in [0.15, 0.2) is 5.75 Å². The average Bonchev–Trinajstić information content (AvgIpc) is 3.16. The first-order valence-corrected chi connectivity index (χ1v) is 8.81. The van der Waals surface area contributed by atoms with Crippen molar-refractivity contribution in [1.82, 2.24) is 10.2 Å². The van der Waals surface area contributed by atoms with Crippen LogP contribution >= 0.6 is 0 Å². The largest absolute Gasteiger partial charge is 0.481 e. The van der Waals surface area contributed by atoms with Crippen molar-refractivity contribution in [3.05, 3.63) is 59.8 Å². The molecule has 0 aliphatic carbocycles. The topological polar surface area (TPSA) is 84.4 Å². The number of hydrogen-bond acceptors (Lipinski definition) is 4. The lowest BCUT2D eigenvalue weighted by Gasteiger charge is -2.10. The van der Waals surface area contributed by atoms with Crippen LogP contribution in [0.3, 0.4) is 0 Å². The molecule has 1 aromatic heterocycles. The highest BCUT2D eigenvalue weighted by Gasteiger charge is 2.09. The summed E-state index contributed by atoms with van der Waals surface area (Å²) in [4.78, 5) is 20.6. The highest BCUT2D eigenvalue weighted by Crippen LogP contribution is 2.29. The molecule has 6 heteroatoms. The number of aryl methyl sites for hydroxylation is 2. The van der Waals surface area contributed by atoms with E-state index in [0.717, 1.165) is 45.8 Å². The third-order valence-electron chi connectivity index (χ3n) is 4.37. The molecule has 2 aromatic carbocycles. The van der Waals surface area contributed by atoms with E-state index in [1.807, 2.05) is 42.5 Å². The van der Waals surface area contributed by atoms with Crippen molar-refractivity contribution in [2.75, 3.05) is 7.11 Å². The van der Waals surface area contributed by atoms with Crippen LogP contribution in [-0.4, -0.2) is 28.4 Å². The molecule has 2 N–H and O–H groups in total. The smallest absolute Gasteiger partial charge is 0.303 e. The highest BCUT2D eigenvalue weighted by molar-refractivity contribution is 5.70. The number of carbonyl (C=O) groups is 1. The van der Waals surface area contributed by atoms with E-state index in [4.69, 9.17) is 14.9 Å². The minimum atomic E-state index is -0.816. The molecule has 0 amide bonds. The number of rotatable bonds is 8. The van der Waals surface area contributed by atoms with E-state index >= 15 is 0 Å². The summed E-state index contributed by atoms with van der Waals surface area (Å²) in [5.74, 6) is -0.0883. The number of nitrogens with zero attached hydrogens (tertiary/aromatic N) is 1. The van der Waals surface area contributed by atoms with E-state index in [9.17, 15) is 4.79 Å². The molecule has 27 heavy (non-hydrogen) atoms. The van der Waals surface area contributed by atoms with Gasteiger partial charge >= 0.3 is 5.97 Å². The second-order valence-corrected chi connectivity index (χ2v) is 6.18. The third kappa shape index (κ3) is 4.54. The second-order valence-electron chi connectivity index (χ2n) is 6.18. The van der Waals surface area contributed by atoms with Crippen molar-refractivity contribution in [3.63, 3.8) is 0 Å². The Morgan fingerprint density at radius 2 is 1.78 bits per heavy atom. The van der Waals surface area contributed by atoms with E-state index in [2.05, 4.69) is 23.2 Å². The molecule has 0 spiro atoms. The second kappa shape index (κ2) is 8.51. The van der Waals surface area contributed by atoms with Gasteiger partial charge in [-0.3, -0.25) is 9.89 Å². The van der Waals surface area contributed by atoms with Crippen LogP contribution in [0, 0.1) is 0 Å². The number of aromatic amines is 1. The van der Waals surface area contributed by atoms with Crippen molar-refractivity contribution < 1.29 is 19.7 Å². The van der Waals surface area contributed by atoms with Crippen molar-refractivity contribution in [3.8, 4) is 28.1 Å².